The molecule has 1 saturated carbocycles. The largest absolute Gasteiger partial charge is 0.393 e. The van der Waals surface area contributed by atoms with E-state index in [4.69, 9.17) is 9.84 Å². The van der Waals surface area contributed by atoms with Crippen molar-refractivity contribution in [2.75, 3.05) is 26.1 Å². The lowest BCUT2D eigenvalue weighted by atomic mass is 9.85. The third-order valence-electron chi connectivity index (χ3n) is 5.98. The minimum Gasteiger partial charge on any atom is -0.393 e. The highest BCUT2D eigenvalue weighted by atomic mass is 16.5. The van der Waals surface area contributed by atoms with E-state index in [9.17, 15) is 9.90 Å². The number of likely N-dealkylation sites (N-methyl/N-ethyl adjacent to an activating group) is 1. The number of hydrogen-bond acceptors (Lipinski definition) is 7. The quantitative estimate of drug-likeness (QED) is 0.488. The Bertz CT molecular complexity index is 1070. The van der Waals surface area contributed by atoms with Crippen LogP contribution in [0.2, 0.25) is 0 Å². The molecule has 3 aromatic rings. The molecule has 0 bridgehead atoms. The molecule has 32 heavy (non-hydrogen) atoms. The number of ether oxygens (including phenoxy) is 1. The van der Waals surface area contributed by atoms with Gasteiger partial charge in [0.05, 0.1) is 30.6 Å². The lowest BCUT2D eigenvalue weighted by molar-refractivity contribution is -0.121. The number of anilines is 1. The molecule has 0 aliphatic heterocycles. The summed E-state index contributed by atoms with van der Waals surface area (Å²) in [5.41, 5.74) is 3.87. The second-order valence-corrected chi connectivity index (χ2v) is 8.47. The van der Waals surface area contributed by atoms with Crippen molar-refractivity contribution in [1.29, 1.82) is 0 Å². The van der Waals surface area contributed by atoms with Crippen molar-refractivity contribution in [3.63, 3.8) is 0 Å². The summed E-state index contributed by atoms with van der Waals surface area (Å²) in [5, 5.41) is 25.0. The van der Waals surface area contributed by atoms with Crippen LogP contribution in [-0.2, 0) is 16.1 Å². The average Bonchev–Trinajstić information content (AvgIpc) is 3.38. The first-order valence-corrected chi connectivity index (χ1v) is 11.0. The molecule has 172 valence electrons. The van der Waals surface area contributed by atoms with E-state index in [1.807, 2.05) is 23.8 Å². The van der Waals surface area contributed by atoms with Gasteiger partial charge in [-0.2, -0.15) is 5.10 Å². The van der Waals surface area contributed by atoms with E-state index in [0.29, 0.717) is 18.5 Å². The number of nitrogens with one attached hydrogen (secondary N) is 2. The van der Waals surface area contributed by atoms with Crippen LogP contribution in [0, 0.1) is 0 Å². The van der Waals surface area contributed by atoms with Crippen LogP contribution >= 0.6 is 0 Å². The second-order valence-electron chi connectivity index (χ2n) is 8.47. The van der Waals surface area contributed by atoms with Crippen molar-refractivity contribution in [3.8, 4) is 11.1 Å². The normalized spacial score (nSPS) is 19.8. The van der Waals surface area contributed by atoms with Gasteiger partial charge in [-0.3, -0.25) is 9.48 Å². The van der Waals surface area contributed by atoms with Crippen molar-refractivity contribution in [3.05, 3.63) is 30.4 Å². The standard InChI is InChI=1S/C22H31N7O3/c1-14(13-32-3)26-22-24-10-20-18(16-9-25-28(11-16)12-21(31)23-2)8-19(29(20)27-22)15-4-6-17(30)7-5-15/h8-11,14-15,17,30H,4-7,12-13H2,1-3H3,(H,23,31)(H,26,27)/t14-,15-,17-/m0/s1. The Labute approximate surface area is 187 Å². The number of amides is 1. The highest BCUT2D eigenvalue weighted by molar-refractivity contribution is 5.81. The Kier molecular flexibility index (Phi) is 6.71. The van der Waals surface area contributed by atoms with Gasteiger partial charge in [-0.15, -0.1) is 5.10 Å². The number of rotatable bonds is 8. The molecule has 0 aromatic carbocycles. The Balaban J connectivity index is 1.72. The summed E-state index contributed by atoms with van der Waals surface area (Å²) in [4.78, 5) is 16.2. The van der Waals surface area contributed by atoms with E-state index >= 15 is 0 Å². The lowest BCUT2D eigenvalue weighted by Crippen LogP contribution is -2.23. The van der Waals surface area contributed by atoms with E-state index in [1.54, 1.807) is 25.0 Å². The Morgan fingerprint density at radius 1 is 1.31 bits per heavy atom. The van der Waals surface area contributed by atoms with Crippen LogP contribution in [0.4, 0.5) is 5.95 Å². The predicted octanol–water partition coefficient (Wildman–Crippen LogP) is 1.80. The maximum Gasteiger partial charge on any atom is 0.241 e. The van der Waals surface area contributed by atoms with Crippen LogP contribution in [-0.4, -0.2) is 68.3 Å². The van der Waals surface area contributed by atoms with E-state index in [-0.39, 0.29) is 24.6 Å². The SMILES string of the molecule is CNC(=O)Cn1cc(-c2cc([C@H]3CC[C@H](O)CC3)n3nc(N[C@@H](C)COC)ncc23)cn1. The molecule has 0 spiro atoms. The molecule has 3 N–H and O–H groups in total. The molecule has 4 rings (SSSR count). The molecule has 3 heterocycles. The number of fused-ring (bicyclic) bond motifs is 1. The summed E-state index contributed by atoms with van der Waals surface area (Å²) in [6.07, 6.45) is 8.63. The van der Waals surface area contributed by atoms with Crippen LogP contribution in [0.15, 0.2) is 24.7 Å². The molecule has 0 saturated heterocycles. The van der Waals surface area contributed by atoms with Gasteiger partial charge in [-0.1, -0.05) is 0 Å². The minimum absolute atomic E-state index is 0.0729. The predicted molar refractivity (Wildman–Crippen MR) is 120 cm³/mol. The van der Waals surface area contributed by atoms with E-state index in [2.05, 4.69) is 26.8 Å². The van der Waals surface area contributed by atoms with Gasteiger partial charge in [-0.05, 0) is 38.7 Å². The molecule has 10 heteroatoms. The zero-order valence-corrected chi connectivity index (χ0v) is 18.8. The lowest BCUT2D eigenvalue weighted by Gasteiger charge is -2.25. The fraction of sp³-hybridized carbons (Fsp3) is 0.545. The van der Waals surface area contributed by atoms with Crippen molar-refractivity contribution in [2.45, 2.75) is 57.2 Å². The molecule has 0 radical (unpaired) electrons. The Morgan fingerprint density at radius 2 is 2.09 bits per heavy atom. The van der Waals surface area contributed by atoms with Gasteiger partial charge in [0.15, 0.2) is 0 Å². The first-order valence-electron chi connectivity index (χ1n) is 11.0. The molecule has 1 atom stereocenters. The molecule has 3 aromatic heterocycles. The van der Waals surface area contributed by atoms with Gasteiger partial charge >= 0.3 is 0 Å². The van der Waals surface area contributed by atoms with Crippen molar-refractivity contribution < 1.29 is 14.6 Å². The van der Waals surface area contributed by atoms with E-state index in [0.717, 1.165) is 48.0 Å². The van der Waals surface area contributed by atoms with Crippen LogP contribution in [0.5, 0.6) is 0 Å². The first-order chi connectivity index (χ1) is 15.5. The van der Waals surface area contributed by atoms with Crippen molar-refractivity contribution in [1.82, 2.24) is 29.7 Å². The Morgan fingerprint density at radius 3 is 2.81 bits per heavy atom. The molecule has 1 aliphatic carbocycles. The number of carbonyl (C=O) groups excluding carboxylic acids is 1. The van der Waals surface area contributed by atoms with Gasteiger partial charge in [-0.25, -0.2) is 9.50 Å². The summed E-state index contributed by atoms with van der Waals surface area (Å²) in [7, 11) is 3.28. The molecule has 0 unspecified atom stereocenters. The number of aliphatic hydroxyl groups is 1. The van der Waals surface area contributed by atoms with E-state index < -0.39 is 0 Å². The van der Waals surface area contributed by atoms with Gasteiger partial charge < -0.3 is 20.5 Å². The molecular weight excluding hydrogens is 410 g/mol. The van der Waals surface area contributed by atoms with Crippen LogP contribution < -0.4 is 10.6 Å². The number of aliphatic hydroxyl groups excluding tert-OH is 1. The molecule has 10 nitrogen and oxygen atoms in total. The monoisotopic (exact) mass is 441 g/mol. The average molecular weight is 442 g/mol. The third kappa shape index (κ3) is 4.76. The second kappa shape index (κ2) is 9.66. The summed E-state index contributed by atoms with van der Waals surface area (Å²) >= 11 is 0. The highest BCUT2D eigenvalue weighted by Crippen LogP contribution is 2.37. The summed E-state index contributed by atoms with van der Waals surface area (Å²) in [6, 6.07) is 2.22. The molecule has 1 aliphatic rings. The third-order valence-corrected chi connectivity index (χ3v) is 5.98. The van der Waals surface area contributed by atoms with Gasteiger partial charge in [0.25, 0.3) is 0 Å². The van der Waals surface area contributed by atoms with Gasteiger partial charge in [0, 0.05) is 49.1 Å². The number of hydrogen-bond donors (Lipinski definition) is 3. The first kappa shape index (κ1) is 22.2. The summed E-state index contributed by atoms with van der Waals surface area (Å²) in [6.45, 7) is 2.73. The number of carbonyl (C=O) groups is 1. The zero-order chi connectivity index (χ0) is 22.7. The fourth-order valence-corrected chi connectivity index (χ4v) is 4.30. The molecule has 1 amide bonds. The number of methoxy groups -OCH3 is 1. The van der Waals surface area contributed by atoms with Crippen molar-refractivity contribution >= 4 is 17.4 Å². The smallest absolute Gasteiger partial charge is 0.241 e. The van der Waals surface area contributed by atoms with E-state index in [1.165, 1.54) is 0 Å². The highest BCUT2D eigenvalue weighted by Gasteiger charge is 2.26. The number of aromatic nitrogens is 5. The molecular formula is C22H31N7O3. The zero-order valence-electron chi connectivity index (χ0n) is 18.8. The Hall–Kier alpha value is -2.98. The molecule has 1 fully saturated rings. The van der Waals surface area contributed by atoms with Crippen molar-refractivity contribution in [2.24, 2.45) is 0 Å². The minimum atomic E-state index is -0.221. The summed E-state index contributed by atoms with van der Waals surface area (Å²) < 4.78 is 8.79. The summed E-state index contributed by atoms with van der Waals surface area (Å²) in [5.74, 6) is 0.739. The maximum atomic E-state index is 11.7. The van der Waals surface area contributed by atoms with Crippen LogP contribution in [0.3, 0.4) is 0 Å². The maximum absolute atomic E-state index is 11.7. The van der Waals surface area contributed by atoms with Gasteiger partial charge in [0.2, 0.25) is 11.9 Å². The van der Waals surface area contributed by atoms with Crippen LogP contribution in [0.25, 0.3) is 16.6 Å². The van der Waals surface area contributed by atoms with Crippen LogP contribution in [0.1, 0.15) is 44.2 Å². The number of nitrogens with zero attached hydrogens (tertiary/aromatic N) is 5. The topological polar surface area (TPSA) is 119 Å². The van der Waals surface area contributed by atoms with Gasteiger partial charge in [0.1, 0.15) is 6.54 Å². The fourth-order valence-electron chi connectivity index (χ4n) is 4.30.